The summed E-state index contributed by atoms with van der Waals surface area (Å²) in [6, 6.07) is 52.5. The summed E-state index contributed by atoms with van der Waals surface area (Å²) in [7, 11) is 0.685. The summed E-state index contributed by atoms with van der Waals surface area (Å²) in [5.41, 5.74) is 17.6. The molecule has 2 aliphatic heterocycles. The second-order valence-electron chi connectivity index (χ2n) is 17.0. The molecule has 2 aromatic heterocycles. The standard InChI is InChI=1S/C51H41BN2O2/c1-50(2,3)31-26-27-40(35(28-31)30-16-7-6-8-17-30)54-41-29-36-32-18-9-13-24-42(32)55-48(36)44(46(41)52-45-33-19-10-14-25-43(33)56-49(45)54)34-20-15-22-38-47(34)53-39-23-12-11-21-37(39)51(38,4)5/h6-29,52-53H,1-5H3. The number of fused-ring (bicyclic) bond motifs is 9. The van der Waals surface area contributed by atoms with Gasteiger partial charge in [-0.05, 0) is 75.0 Å². The lowest BCUT2D eigenvalue weighted by Crippen LogP contribution is -2.40. The molecule has 0 amide bonds. The summed E-state index contributed by atoms with van der Waals surface area (Å²) < 4.78 is 14.0. The number of hydrogen-bond acceptors (Lipinski definition) is 4. The van der Waals surface area contributed by atoms with E-state index >= 15 is 0 Å². The van der Waals surface area contributed by atoms with Gasteiger partial charge in [-0.2, -0.15) is 0 Å². The minimum absolute atomic E-state index is 0.0345. The second-order valence-corrected chi connectivity index (χ2v) is 17.0. The lowest BCUT2D eigenvalue weighted by atomic mass is 9.58. The Labute approximate surface area is 327 Å². The maximum atomic E-state index is 6.99. The Morgan fingerprint density at radius 2 is 1.29 bits per heavy atom. The van der Waals surface area contributed by atoms with Gasteiger partial charge in [-0.15, -0.1) is 0 Å². The Kier molecular flexibility index (Phi) is 6.92. The van der Waals surface area contributed by atoms with Gasteiger partial charge in [0.05, 0.1) is 11.4 Å². The molecule has 0 saturated carbocycles. The van der Waals surface area contributed by atoms with Gasteiger partial charge >= 0.3 is 0 Å². The molecule has 11 rings (SSSR count). The molecular weight excluding hydrogens is 683 g/mol. The lowest BCUT2D eigenvalue weighted by Gasteiger charge is -2.37. The highest BCUT2D eigenvalue weighted by atomic mass is 16.4. The quantitative estimate of drug-likeness (QED) is 0.184. The summed E-state index contributed by atoms with van der Waals surface area (Å²) in [6.45, 7) is 11.5. The third kappa shape index (κ3) is 4.73. The van der Waals surface area contributed by atoms with E-state index in [4.69, 9.17) is 8.83 Å². The number of anilines is 5. The fraction of sp³-hybridized carbons (Fsp3) is 0.137. The first kappa shape index (κ1) is 32.9. The molecule has 0 atom stereocenters. The highest BCUT2D eigenvalue weighted by Gasteiger charge is 2.38. The fourth-order valence-electron chi connectivity index (χ4n) is 9.39. The molecule has 0 radical (unpaired) electrons. The highest BCUT2D eigenvalue weighted by molar-refractivity contribution is 6.76. The number of nitrogens with one attached hydrogen (secondary N) is 1. The van der Waals surface area contributed by atoms with Gasteiger partial charge in [0.15, 0.2) is 5.88 Å². The zero-order valence-electron chi connectivity index (χ0n) is 32.3. The lowest BCUT2D eigenvalue weighted by molar-refractivity contribution is 0.590. The second kappa shape index (κ2) is 11.8. The number of benzene rings is 7. The van der Waals surface area contributed by atoms with Crippen LogP contribution in [0.25, 0.3) is 55.2 Å². The summed E-state index contributed by atoms with van der Waals surface area (Å²) in [6.07, 6.45) is 0. The van der Waals surface area contributed by atoms with Crippen molar-refractivity contribution in [3.05, 3.63) is 162 Å². The van der Waals surface area contributed by atoms with Crippen LogP contribution in [0, 0.1) is 0 Å². The van der Waals surface area contributed by atoms with E-state index in [1.807, 2.05) is 0 Å². The van der Waals surface area contributed by atoms with Gasteiger partial charge in [-0.1, -0.05) is 144 Å². The molecule has 5 heteroatoms. The van der Waals surface area contributed by atoms with E-state index in [0.717, 1.165) is 83.8 Å². The maximum absolute atomic E-state index is 6.99. The molecule has 4 nitrogen and oxygen atoms in total. The monoisotopic (exact) mass is 724 g/mol. The van der Waals surface area contributed by atoms with Crippen LogP contribution in [0.2, 0.25) is 0 Å². The van der Waals surface area contributed by atoms with Crippen LogP contribution in [-0.4, -0.2) is 7.28 Å². The zero-order valence-corrected chi connectivity index (χ0v) is 32.3. The largest absolute Gasteiger partial charge is 0.455 e. The van der Waals surface area contributed by atoms with Crippen molar-refractivity contribution in [2.24, 2.45) is 0 Å². The normalized spacial score (nSPS) is 14.2. The van der Waals surface area contributed by atoms with E-state index in [-0.39, 0.29) is 10.8 Å². The summed E-state index contributed by atoms with van der Waals surface area (Å²) in [4.78, 5) is 2.40. The molecule has 270 valence electrons. The van der Waals surface area contributed by atoms with Crippen molar-refractivity contribution in [1.29, 1.82) is 0 Å². The molecule has 4 heterocycles. The van der Waals surface area contributed by atoms with E-state index in [9.17, 15) is 0 Å². The molecule has 0 aliphatic carbocycles. The van der Waals surface area contributed by atoms with Gasteiger partial charge in [0, 0.05) is 49.6 Å². The molecule has 0 fully saturated rings. The van der Waals surface area contributed by atoms with Crippen molar-refractivity contribution in [2.75, 3.05) is 10.2 Å². The van der Waals surface area contributed by atoms with Gasteiger partial charge < -0.3 is 14.2 Å². The van der Waals surface area contributed by atoms with Gasteiger partial charge in [0.2, 0.25) is 7.28 Å². The van der Waals surface area contributed by atoms with Crippen molar-refractivity contribution in [1.82, 2.24) is 0 Å². The Morgan fingerprint density at radius 1 is 0.589 bits per heavy atom. The van der Waals surface area contributed by atoms with Crippen LogP contribution in [0.3, 0.4) is 0 Å². The van der Waals surface area contributed by atoms with Crippen molar-refractivity contribution >= 4 is 79.7 Å². The van der Waals surface area contributed by atoms with Crippen molar-refractivity contribution in [2.45, 2.75) is 45.4 Å². The minimum atomic E-state index is -0.214. The van der Waals surface area contributed by atoms with Crippen LogP contribution < -0.4 is 21.1 Å². The fourth-order valence-corrected chi connectivity index (χ4v) is 9.39. The average molecular weight is 725 g/mol. The van der Waals surface area contributed by atoms with Crippen LogP contribution in [-0.2, 0) is 10.8 Å². The van der Waals surface area contributed by atoms with Crippen LogP contribution >= 0.6 is 0 Å². The van der Waals surface area contributed by atoms with Crippen molar-refractivity contribution < 1.29 is 8.83 Å². The van der Waals surface area contributed by atoms with Crippen molar-refractivity contribution in [3.63, 3.8) is 0 Å². The number of furan rings is 2. The molecule has 0 spiro atoms. The molecule has 56 heavy (non-hydrogen) atoms. The average Bonchev–Trinajstić information content (AvgIpc) is 3.77. The predicted octanol–water partition coefficient (Wildman–Crippen LogP) is 12.5. The SMILES string of the molecule is CC(C)(C)c1ccc(N2c3cc4c(oc5ccccc54)c(-c4cccc5c4Nc4ccccc4C5(C)C)c3Bc3c2oc2ccccc32)c(-c2ccccc2)c1. The molecule has 0 bridgehead atoms. The van der Waals surface area contributed by atoms with Gasteiger partial charge in [0.25, 0.3) is 0 Å². The summed E-state index contributed by atoms with van der Waals surface area (Å²) in [5.74, 6) is 0.862. The first-order valence-electron chi connectivity index (χ1n) is 19.6. The molecule has 0 unspecified atom stereocenters. The molecular formula is C51H41BN2O2. The third-order valence-electron chi connectivity index (χ3n) is 12.3. The number of para-hydroxylation sites is 4. The van der Waals surface area contributed by atoms with E-state index in [0.29, 0.717) is 7.28 Å². The highest BCUT2D eigenvalue weighted by Crippen LogP contribution is 2.52. The summed E-state index contributed by atoms with van der Waals surface area (Å²) in [5, 5.41) is 7.24. The summed E-state index contributed by atoms with van der Waals surface area (Å²) >= 11 is 0. The van der Waals surface area contributed by atoms with E-state index < -0.39 is 0 Å². The Bertz CT molecular complexity index is 3050. The first-order chi connectivity index (χ1) is 27.2. The zero-order chi connectivity index (χ0) is 37.9. The predicted molar refractivity (Wildman–Crippen MR) is 236 cm³/mol. The van der Waals surface area contributed by atoms with E-state index in [1.54, 1.807) is 0 Å². The first-order valence-corrected chi connectivity index (χ1v) is 19.6. The van der Waals surface area contributed by atoms with Crippen LogP contribution in [0.15, 0.2) is 154 Å². The minimum Gasteiger partial charge on any atom is -0.455 e. The Hall–Kier alpha value is -6.46. The Morgan fingerprint density at radius 3 is 2.09 bits per heavy atom. The van der Waals surface area contributed by atoms with Crippen LogP contribution in [0.4, 0.5) is 28.6 Å². The van der Waals surface area contributed by atoms with Gasteiger partial charge in [-0.25, -0.2) is 0 Å². The van der Waals surface area contributed by atoms with Crippen LogP contribution in [0.1, 0.15) is 51.3 Å². The van der Waals surface area contributed by atoms with E-state index in [1.165, 1.54) is 27.6 Å². The number of nitrogens with zero attached hydrogens (tertiary/aromatic N) is 1. The number of hydrogen-bond donors (Lipinski definition) is 1. The molecule has 9 aromatic rings. The van der Waals surface area contributed by atoms with Crippen molar-refractivity contribution in [3.8, 4) is 22.3 Å². The van der Waals surface area contributed by atoms with Gasteiger partial charge in [0.1, 0.15) is 16.7 Å². The number of rotatable bonds is 3. The molecule has 2 aliphatic rings. The van der Waals surface area contributed by atoms with Crippen LogP contribution in [0.5, 0.6) is 0 Å². The maximum Gasteiger partial charge on any atom is 0.204 e. The molecule has 7 aromatic carbocycles. The van der Waals surface area contributed by atoms with Gasteiger partial charge in [-0.3, -0.25) is 4.90 Å². The third-order valence-corrected chi connectivity index (χ3v) is 12.3. The van der Waals surface area contributed by atoms with E-state index in [2.05, 4.69) is 190 Å². The molecule has 1 N–H and O–H groups in total. The Balaban J connectivity index is 1.28. The topological polar surface area (TPSA) is 41.6 Å². The smallest absolute Gasteiger partial charge is 0.204 e. The molecule has 0 saturated heterocycles.